The van der Waals surface area contributed by atoms with E-state index in [1.54, 1.807) is 19.9 Å². The quantitative estimate of drug-likeness (QED) is 0.280. The van der Waals surface area contributed by atoms with E-state index in [0.29, 0.717) is 17.4 Å². The molecule has 0 bridgehead atoms. The van der Waals surface area contributed by atoms with E-state index in [2.05, 4.69) is 15.6 Å². The number of nitrogens with two attached hydrogens (primary N) is 1. The minimum Gasteiger partial charge on any atom is -0.389 e. The van der Waals surface area contributed by atoms with Crippen molar-refractivity contribution in [1.29, 1.82) is 0 Å². The Labute approximate surface area is 213 Å². The van der Waals surface area contributed by atoms with Gasteiger partial charge < -0.3 is 26.6 Å². The number of nitrogens with zero attached hydrogens (tertiary/aromatic N) is 1. The molecule has 0 saturated heterocycles. The van der Waals surface area contributed by atoms with Gasteiger partial charge in [0.15, 0.2) is 0 Å². The van der Waals surface area contributed by atoms with Crippen LogP contribution in [0.15, 0.2) is 30.3 Å². The fourth-order valence-electron chi connectivity index (χ4n) is 3.43. The zero-order valence-corrected chi connectivity index (χ0v) is 22.0. The van der Waals surface area contributed by atoms with Crippen molar-refractivity contribution >= 4 is 28.1 Å². The van der Waals surface area contributed by atoms with Crippen LogP contribution in [0, 0.1) is 18.6 Å². The van der Waals surface area contributed by atoms with Crippen LogP contribution in [0.4, 0.5) is 19.6 Å². The lowest BCUT2D eigenvalue weighted by Crippen LogP contribution is -2.44. The second kappa shape index (κ2) is 10.2. The fourth-order valence-corrected chi connectivity index (χ4v) is 4.55. The lowest BCUT2D eigenvalue weighted by Gasteiger charge is -2.27. The number of benzene rings is 1. The third-order valence-corrected chi connectivity index (χ3v) is 7.16. The molecule has 1 atom stereocenters. The van der Waals surface area contributed by atoms with E-state index in [9.17, 15) is 23.8 Å². The highest BCUT2D eigenvalue weighted by Gasteiger charge is 2.25. The first-order valence-electron chi connectivity index (χ1n) is 11.4. The summed E-state index contributed by atoms with van der Waals surface area (Å²) in [7, 11) is 0. The normalized spacial score (nSPS) is 13.1. The minimum absolute atomic E-state index is 0.0737. The van der Waals surface area contributed by atoms with E-state index in [1.165, 1.54) is 19.9 Å². The number of primary amides is 1. The molecule has 1 amide bonds. The summed E-state index contributed by atoms with van der Waals surface area (Å²) < 4.78 is 29.8. The number of hydrogen-bond acceptors (Lipinski definition) is 7. The van der Waals surface area contributed by atoms with Crippen LogP contribution in [-0.4, -0.2) is 32.7 Å². The van der Waals surface area contributed by atoms with Crippen LogP contribution in [0.5, 0.6) is 0 Å². The molecule has 0 aliphatic carbocycles. The molecule has 6 N–H and O–H groups in total. The van der Waals surface area contributed by atoms with E-state index in [1.807, 2.05) is 19.9 Å². The van der Waals surface area contributed by atoms with Gasteiger partial charge in [-0.2, -0.15) is 0 Å². The Hall–Kier alpha value is -2.92. The number of thiophene rings is 1. The van der Waals surface area contributed by atoms with E-state index in [-0.39, 0.29) is 27.6 Å². The summed E-state index contributed by atoms with van der Waals surface area (Å²) in [6.45, 7) is 10.6. The highest BCUT2D eigenvalue weighted by molar-refractivity contribution is 7.20. The molecule has 2 heterocycles. The van der Waals surface area contributed by atoms with Crippen molar-refractivity contribution in [2.45, 2.75) is 65.3 Å². The maximum Gasteiger partial charge on any atom is 0.251 e. The van der Waals surface area contributed by atoms with Crippen molar-refractivity contribution in [1.82, 2.24) is 10.3 Å². The molecule has 3 aromatic rings. The fraction of sp³-hybridized carbons (Fsp3) is 0.385. The van der Waals surface area contributed by atoms with Gasteiger partial charge in [0.25, 0.3) is 5.91 Å². The van der Waals surface area contributed by atoms with Gasteiger partial charge in [0, 0.05) is 23.2 Å². The molecule has 0 fully saturated rings. The van der Waals surface area contributed by atoms with Crippen LogP contribution in [0.1, 0.15) is 61.8 Å². The summed E-state index contributed by atoms with van der Waals surface area (Å²) in [5.74, 6) is -2.04. The van der Waals surface area contributed by atoms with Crippen LogP contribution < -0.4 is 16.4 Å². The van der Waals surface area contributed by atoms with Gasteiger partial charge in [-0.25, -0.2) is 13.8 Å². The molecule has 0 radical (unpaired) electrons. The number of hydrogen-bond donors (Lipinski definition) is 5. The number of anilines is 2. The monoisotopic (exact) mass is 518 g/mol. The highest BCUT2D eigenvalue weighted by atomic mass is 32.1. The molecular formula is C26H32F2N4O3S. The standard InChI is InChI=1S/C26H32F2N4O3S/c1-13-15(12-30-14(2)25(3,4)34)7-8-21(31-13)32-24-17(23(29)33)11-20(36-24)22-18(27)9-16(10-19(22)28)26(5,6)35/h7-11,14,30,34-35H,12H2,1-6H3,(H2,29,33)(H,31,32). The zero-order chi connectivity index (χ0) is 27.0. The van der Waals surface area contributed by atoms with Gasteiger partial charge in [-0.3, -0.25) is 4.79 Å². The molecule has 0 aliphatic heterocycles. The van der Waals surface area contributed by atoms with E-state index < -0.39 is 28.7 Å². The third kappa shape index (κ3) is 6.25. The van der Waals surface area contributed by atoms with Crippen LogP contribution >= 0.6 is 11.3 Å². The van der Waals surface area contributed by atoms with Crippen molar-refractivity contribution in [3.05, 3.63) is 64.4 Å². The summed E-state index contributed by atoms with van der Waals surface area (Å²) in [6.07, 6.45) is 0. The van der Waals surface area contributed by atoms with Crippen molar-refractivity contribution in [2.24, 2.45) is 5.73 Å². The average Bonchev–Trinajstić information content (AvgIpc) is 3.14. The van der Waals surface area contributed by atoms with Crippen LogP contribution in [0.25, 0.3) is 10.4 Å². The number of carbonyl (C=O) groups is 1. The van der Waals surface area contributed by atoms with Gasteiger partial charge in [-0.15, -0.1) is 11.3 Å². The number of halogens is 2. The number of aromatic nitrogens is 1. The Balaban J connectivity index is 1.89. The van der Waals surface area contributed by atoms with Crippen LogP contribution in [-0.2, 0) is 12.1 Å². The Morgan fingerprint density at radius 1 is 1.14 bits per heavy atom. The first-order valence-corrected chi connectivity index (χ1v) is 12.2. The summed E-state index contributed by atoms with van der Waals surface area (Å²) in [5, 5.41) is 26.8. The second-order valence-corrected chi connectivity index (χ2v) is 11.0. The molecule has 0 saturated carbocycles. The van der Waals surface area contributed by atoms with Crippen LogP contribution in [0.2, 0.25) is 0 Å². The minimum atomic E-state index is -1.42. The third-order valence-electron chi connectivity index (χ3n) is 6.09. The average molecular weight is 519 g/mol. The summed E-state index contributed by atoms with van der Waals surface area (Å²) >= 11 is 0.970. The first-order chi connectivity index (χ1) is 16.6. The van der Waals surface area contributed by atoms with Crippen LogP contribution in [0.3, 0.4) is 0 Å². The van der Waals surface area contributed by atoms with E-state index in [4.69, 9.17) is 5.73 Å². The van der Waals surface area contributed by atoms with Gasteiger partial charge in [-0.1, -0.05) is 6.07 Å². The molecule has 0 spiro atoms. The summed E-state index contributed by atoms with van der Waals surface area (Å²) in [4.78, 5) is 16.8. The Morgan fingerprint density at radius 2 is 1.75 bits per heavy atom. The number of aliphatic hydroxyl groups is 2. The predicted octanol–water partition coefficient (Wildman–Crippen LogP) is 4.72. The lowest BCUT2D eigenvalue weighted by molar-refractivity contribution is 0.0437. The van der Waals surface area contributed by atoms with Crippen molar-refractivity contribution in [3.8, 4) is 10.4 Å². The van der Waals surface area contributed by atoms with Crippen molar-refractivity contribution < 1.29 is 23.8 Å². The van der Waals surface area contributed by atoms with Crippen molar-refractivity contribution in [2.75, 3.05) is 5.32 Å². The van der Waals surface area contributed by atoms with E-state index >= 15 is 0 Å². The number of carbonyl (C=O) groups excluding carboxylic acids is 1. The number of amides is 1. The van der Waals surface area contributed by atoms with Gasteiger partial charge in [0.1, 0.15) is 22.5 Å². The number of nitrogens with one attached hydrogen (secondary N) is 2. The molecule has 194 valence electrons. The SMILES string of the molecule is Cc1nc(Nc2sc(-c3c(F)cc(C(C)(C)O)cc3F)cc2C(N)=O)ccc1CNC(C)C(C)(C)O. The zero-order valence-electron chi connectivity index (χ0n) is 21.2. The molecule has 3 rings (SSSR count). The Kier molecular flexibility index (Phi) is 7.85. The molecular weight excluding hydrogens is 486 g/mol. The smallest absolute Gasteiger partial charge is 0.251 e. The van der Waals surface area contributed by atoms with Gasteiger partial charge in [0.05, 0.1) is 22.3 Å². The number of aryl methyl sites for hydroxylation is 1. The topological polar surface area (TPSA) is 121 Å². The highest BCUT2D eigenvalue weighted by Crippen LogP contribution is 2.40. The second-order valence-electron chi connectivity index (χ2n) is 9.91. The van der Waals surface area contributed by atoms with E-state index in [0.717, 1.165) is 34.7 Å². The molecule has 10 heteroatoms. The summed E-state index contributed by atoms with van der Waals surface area (Å²) in [6, 6.07) is 6.93. The Morgan fingerprint density at radius 3 is 2.25 bits per heavy atom. The van der Waals surface area contributed by atoms with Crippen molar-refractivity contribution in [3.63, 3.8) is 0 Å². The van der Waals surface area contributed by atoms with Gasteiger partial charge in [0.2, 0.25) is 0 Å². The molecule has 2 aromatic heterocycles. The summed E-state index contributed by atoms with van der Waals surface area (Å²) in [5.41, 5.74) is 4.75. The Bertz CT molecular complexity index is 1260. The first kappa shape index (κ1) is 27.7. The molecule has 0 aliphatic rings. The maximum absolute atomic E-state index is 14.9. The lowest BCUT2D eigenvalue weighted by atomic mass is 9.96. The van der Waals surface area contributed by atoms with Gasteiger partial charge >= 0.3 is 0 Å². The number of pyridine rings is 1. The molecule has 1 unspecified atom stereocenters. The largest absolute Gasteiger partial charge is 0.389 e. The molecule has 1 aromatic carbocycles. The molecule has 36 heavy (non-hydrogen) atoms. The molecule has 7 nitrogen and oxygen atoms in total. The predicted molar refractivity (Wildman–Crippen MR) is 138 cm³/mol. The van der Waals surface area contributed by atoms with Gasteiger partial charge in [-0.05, 0) is 76.9 Å². The number of rotatable bonds is 9. The maximum atomic E-state index is 14.9.